The summed E-state index contributed by atoms with van der Waals surface area (Å²) in [7, 11) is 1.58. The van der Waals surface area contributed by atoms with Crippen LogP contribution in [0.3, 0.4) is 0 Å². The number of hydrogen-bond acceptors (Lipinski definition) is 5. The molecule has 0 fully saturated rings. The van der Waals surface area contributed by atoms with Gasteiger partial charge in [-0.2, -0.15) is 0 Å². The molecular weight excluding hydrogens is 432 g/mol. The summed E-state index contributed by atoms with van der Waals surface area (Å²) in [6, 6.07) is 10.6. The molecule has 0 saturated carbocycles. The first kappa shape index (κ1) is 25.5. The van der Waals surface area contributed by atoms with Crippen LogP contribution in [0.25, 0.3) is 0 Å². The molecule has 0 spiro atoms. The Labute approximate surface area is 194 Å². The van der Waals surface area contributed by atoms with Crippen LogP contribution < -0.4 is 15.4 Å². The molecule has 2 aromatic rings. The van der Waals surface area contributed by atoms with Crippen molar-refractivity contribution in [2.24, 2.45) is 0 Å². The third kappa shape index (κ3) is 8.05. The molecule has 2 rings (SSSR count). The molecule has 0 bridgehead atoms. The normalized spacial score (nSPS) is 13.1. The van der Waals surface area contributed by atoms with E-state index in [4.69, 9.17) is 25.8 Å². The van der Waals surface area contributed by atoms with E-state index in [0.29, 0.717) is 28.6 Å². The number of benzene rings is 2. The van der Waals surface area contributed by atoms with E-state index < -0.39 is 23.6 Å². The fourth-order valence-electron chi connectivity index (χ4n) is 2.97. The maximum atomic E-state index is 12.9. The van der Waals surface area contributed by atoms with Gasteiger partial charge in [0, 0.05) is 12.1 Å². The quantitative estimate of drug-likeness (QED) is 0.522. The van der Waals surface area contributed by atoms with E-state index in [1.165, 1.54) is 0 Å². The van der Waals surface area contributed by atoms with Crippen molar-refractivity contribution < 1.29 is 23.8 Å². The first-order valence-corrected chi connectivity index (χ1v) is 10.7. The van der Waals surface area contributed by atoms with Gasteiger partial charge in [0.05, 0.1) is 12.3 Å². The lowest BCUT2D eigenvalue weighted by Gasteiger charge is -2.25. The lowest BCUT2D eigenvalue weighted by molar-refractivity contribution is -0.157. The van der Waals surface area contributed by atoms with Crippen molar-refractivity contribution >= 4 is 29.3 Å². The number of hydrogen-bond donors (Lipinski definition) is 2. The molecule has 2 amide bonds. The van der Waals surface area contributed by atoms with Crippen LogP contribution in [0.1, 0.15) is 44.9 Å². The van der Waals surface area contributed by atoms with Gasteiger partial charge in [0.1, 0.15) is 17.5 Å². The molecule has 0 aliphatic carbocycles. The summed E-state index contributed by atoms with van der Waals surface area (Å²) in [6.45, 7) is 9.45. The molecular formula is C24H31ClN2O5. The van der Waals surface area contributed by atoms with Crippen molar-refractivity contribution in [3.05, 3.63) is 58.6 Å². The van der Waals surface area contributed by atoms with Crippen LogP contribution in [0.4, 0.5) is 10.5 Å². The zero-order valence-corrected chi connectivity index (χ0v) is 20.1. The monoisotopic (exact) mass is 462 g/mol. The highest BCUT2D eigenvalue weighted by Gasteiger charge is 2.28. The van der Waals surface area contributed by atoms with Gasteiger partial charge < -0.3 is 24.8 Å². The predicted molar refractivity (Wildman–Crippen MR) is 125 cm³/mol. The minimum absolute atomic E-state index is 0.244. The minimum atomic E-state index is -0.995. The van der Waals surface area contributed by atoms with Gasteiger partial charge in [-0.05, 0) is 58.4 Å². The molecule has 2 N–H and O–H groups in total. The smallest absolute Gasteiger partial charge is 0.333 e. The van der Waals surface area contributed by atoms with Crippen molar-refractivity contribution in [3.63, 3.8) is 0 Å². The highest BCUT2D eigenvalue weighted by Crippen LogP contribution is 2.29. The highest BCUT2D eigenvalue weighted by atomic mass is 35.5. The number of nitrogens with one attached hydrogen (secondary N) is 2. The minimum Gasteiger partial charge on any atom is -0.486 e. The van der Waals surface area contributed by atoms with E-state index in [1.54, 1.807) is 52.1 Å². The number of halogens is 1. The molecule has 0 saturated heterocycles. The Morgan fingerprint density at radius 2 is 1.84 bits per heavy atom. The van der Waals surface area contributed by atoms with Crippen molar-refractivity contribution in [1.29, 1.82) is 0 Å². The average molecular weight is 463 g/mol. The van der Waals surface area contributed by atoms with Crippen molar-refractivity contribution in [3.8, 4) is 5.75 Å². The zero-order valence-electron chi connectivity index (χ0n) is 19.3. The fraction of sp³-hybridized carbons (Fsp3) is 0.417. The number of carbonyl (C=O) groups excluding carboxylic acids is 2. The molecule has 7 nitrogen and oxygen atoms in total. The van der Waals surface area contributed by atoms with E-state index in [9.17, 15) is 9.59 Å². The van der Waals surface area contributed by atoms with Crippen LogP contribution in [0.5, 0.6) is 5.75 Å². The van der Waals surface area contributed by atoms with E-state index in [1.807, 2.05) is 32.0 Å². The van der Waals surface area contributed by atoms with Crippen molar-refractivity contribution in [2.75, 3.05) is 19.0 Å². The summed E-state index contributed by atoms with van der Waals surface area (Å²) in [5.74, 6) is -0.131. The molecule has 8 heteroatoms. The summed E-state index contributed by atoms with van der Waals surface area (Å²) < 4.78 is 16.5. The van der Waals surface area contributed by atoms with Crippen LogP contribution >= 0.6 is 11.6 Å². The zero-order chi connectivity index (χ0) is 23.9. The third-order valence-corrected chi connectivity index (χ3v) is 4.45. The maximum Gasteiger partial charge on any atom is 0.333 e. The van der Waals surface area contributed by atoms with E-state index in [0.717, 1.165) is 5.56 Å². The number of anilines is 1. The van der Waals surface area contributed by atoms with E-state index in [-0.39, 0.29) is 6.10 Å². The number of aryl methyl sites for hydroxylation is 1. The summed E-state index contributed by atoms with van der Waals surface area (Å²) in [5.41, 5.74) is 1.23. The van der Waals surface area contributed by atoms with Gasteiger partial charge in [0.2, 0.25) is 0 Å². The van der Waals surface area contributed by atoms with Gasteiger partial charge in [-0.1, -0.05) is 41.4 Å². The van der Waals surface area contributed by atoms with Gasteiger partial charge >= 0.3 is 12.0 Å². The molecule has 0 radical (unpaired) electrons. The second-order valence-corrected chi connectivity index (χ2v) is 8.94. The Balaban J connectivity index is 2.25. The van der Waals surface area contributed by atoms with Crippen LogP contribution in [0.2, 0.25) is 5.02 Å². The second-order valence-electron chi connectivity index (χ2n) is 8.50. The Kier molecular flexibility index (Phi) is 8.92. The lowest BCUT2D eigenvalue weighted by Crippen LogP contribution is -2.40. The third-order valence-electron chi connectivity index (χ3n) is 4.21. The van der Waals surface area contributed by atoms with E-state index >= 15 is 0 Å². The Bertz CT molecular complexity index is 942. The van der Waals surface area contributed by atoms with Gasteiger partial charge in [-0.15, -0.1) is 0 Å². The number of rotatable bonds is 8. The van der Waals surface area contributed by atoms with Crippen LogP contribution in [0.15, 0.2) is 42.5 Å². The van der Waals surface area contributed by atoms with Crippen molar-refractivity contribution in [2.45, 2.75) is 52.4 Å². The fourth-order valence-corrected chi connectivity index (χ4v) is 3.14. The average Bonchev–Trinajstić information content (AvgIpc) is 2.67. The maximum absolute atomic E-state index is 12.9. The van der Waals surface area contributed by atoms with E-state index in [2.05, 4.69) is 10.6 Å². The molecule has 0 aliphatic heterocycles. The molecule has 0 heterocycles. The van der Waals surface area contributed by atoms with Gasteiger partial charge in [-0.3, -0.25) is 0 Å². The number of ether oxygens (including phenoxy) is 3. The molecule has 0 aliphatic rings. The topological polar surface area (TPSA) is 85.9 Å². The Morgan fingerprint density at radius 3 is 2.47 bits per heavy atom. The lowest BCUT2D eigenvalue weighted by atomic mass is 10.0. The van der Waals surface area contributed by atoms with Crippen LogP contribution in [-0.4, -0.2) is 37.4 Å². The Hall–Kier alpha value is -2.77. The van der Waals surface area contributed by atoms with Crippen LogP contribution in [-0.2, 0) is 14.3 Å². The predicted octanol–water partition coefficient (Wildman–Crippen LogP) is 5.27. The number of methoxy groups -OCH3 is 1. The van der Waals surface area contributed by atoms with Crippen LogP contribution in [0, 0.1) is 6.92 Å². The SMILES string of the molecule is COCC(C)Oc1ccc(Cl)cc1NC(=O)NC(C(=O)OC(C)(C)C)c1cccc(C)c1. The molecule has 2 atom stereocenters. The molecule has 0 aromatic heterocycles. The first-order chi connectivity index (χ1) is 15.0. The highest BCUT2D eigenvalue weighted by molar-refractivity contribution is 6.31. The summed E-state index contributed by atoms with van der Waals surface area (Å²) >= 11 is 6.11. The summed E-state index contributed by atoms with van der Waals surface area (Å²) in [4.78, 5) is 25.7. The second kappa shape index (κ2) is 11.2. The summed E-state index contributed by atoms with van der Waals surface area (Å²) in [6.07, 6.45) is -0.244. The first-order valence-electron chi connectivity index (χ1n) is 10.3. The van der Waals surface area contributed by atoms with Gasteiger partial charge in [-0.25, -0.2) is 9.59 Å². The molecule has 174 valence electrons. The van der Waals surface area contributed by atoms with Crippen molar-refractivity contribution in [1.82, 2.24) is 5.32 Å². The van der Waals surface area contributed by atoms with Gasteiger partial charge in [0.25, 0.3) is 0 Å². The van der Waals surface area contributed by atoms with Gasteiger partial charge in [0.15, 0.2) is 6.04 Å². The number of amides is 2. The standard InChI is InChI=1S/C24H31ClN2O5/c1-15-8-7-9-17(12-15)21(22(28)32-24(3,4)5)27-23(29)26-19-13-18(25)10-11-20(19)31-16(2)14-30-6/h7-13,16,21H,14H2,1-6H3,(H2,26,27,29). The molecule has 2 unspecified atom stereocenters. The number of urea groups is 1. The molecule has 32 heavy (non-hydrogen) atoms. The number of carbonyl (C=O) groups is 2. The molecule has 2 aromatic carbocycles. The largest absolute Gasteiger partial charge is 0.486 e. The Morgan fingerprint density at radius 1 is 1.12 bits per heavy atom. The number of esters is 1. The summed E-state index contributed by atoms with van der Waals surface area (Å²) in [5, 5.41) is 5.86.